The van der Waals surface area contributed by atoms with Gasteiger partial charge in [-0.25, -0.2) is 0 Å². The van der Waals surface area contributed by atoms with Crippen molar-refractivity contribution >= 4 is 11.8 Å². The maximum absolute atomic E-state index is 6.40. The van der Waals surface area contributed by atoms with E-state index in [0.717, 1.165) is 12.2 Å². The van der Waals surface area contributed by atoms with Crippen LogP contribution in [0.4, 0.5) is 0 Å². The van der Waals surface area contributed by atoms with Crippen molar-refractivity contribution in [3.8, 4) is 5.75 Å². The summed E-state index contributed by atoms with van der Waals surface area (Å²) < 4.78 is 6.40. The summed E-state index contributed by atoms with van der Waals surface area (Å²) in [5.74, 6) is 1.56. The second-order valence-electron chi connectivity index (χ2n) is 7.71. The Morgan fingerprint density at radius 3 is 2.54 bits per heavy atom. The van der Waals surface area contributed by atoms with Crippen molar-refractivity contribution in [3.63, 3.8) is 0 Å². The number of para-hydroxylation sites is 1. The summed E-state index contributed by atoms with van der Waals surface area (Å²) in [5.41, 5.74) is 8.46. The Hall–Kier alpha value is -1.45. The molecule has 3 rings (SSSR count). The van der Waals surface area contributed by atoms with E-state index in [2.05, 4.69) is 75.6 Å². The first-order chi connectivity index (χ1) is 13.6. The minimum Gasteiger partial charge on any atom is -0.484 e. The summed E-state index contributed by atoms with van der Waals surface area (Å²) in [6.07, 6.45) is 9.52. The van der Waals surface area contributed by atoms with Gasteiger partial charge in [0.05, 0.1) is 0 Å². The standard InChI is InChI=1S/C18H20OS.C7H17N/c1-13-11-12-14-7-3-4-8-15(14)18(13)19-16-9-5-6-10-17(16)20-2;1-3-5-6-7(8)4-2/h3-10,13,18H,11-12H2,1-2H3;7H,3-6,8H2,1-2H3/t13?,18-;/m1./s1. The highest BCUT2D eigenvalue weighted by atomic mass is 32.2. The van der Waals surface area contributed by atoms with E-state index in [9.17, 15) is 0 Å². The largest absolute Gasteiger partial charge is 0.484 e. The van der Waals surface area contributed by atoms with Crippen LogP contribution in [-0.4, -0.2) is 12.3 Å². The number of unbranched alkanes of at least 4 members (excludes halogenated alkanes) is 1. The van der Waals surface area contributed by atoms with Gasteiger partial charge in [-0.1, -0.05) is 70.0 Å². The minimum absolute atomic E-state index is 0.174. The molecule has 2 unspecified atom stereocenters. The van der Waals surface area contributed by atoms with Crippen LogP contribution in [0, 0.1) is 5.92 Å². The average molecular weight is 400 g/mol. The first-order valence-corrected chi connectivity index (χ1v) is 12.0. The lowest BCUT2D eigenvalue weighted by Gasteiger charge is -2.32. The van der Waals surface area contributed by atoms with E-state index in [0.29, 0.717) is 12.0 Å². The highest BCUT2D eigenvalue weighted by Gasteiger charge is 2.28. The van der Waals surface area contributed by atoms with Gasteiger partial charge in [0.15, 0.2) is 0 Å². The van der Waals surface area contributed by atoms with E-state index in [1.165, 1.54) is 48.1 Å². The van der Waals surface area contributed by atoms with Crippen LogP contribution in [0.1, 0.15) is 70.1 Å². The molecule has 0 bridgehead atoms. The molecule has 2 aromatic rings. The maximum atomic E-state index is 6.40. The van der Waals surface area contributed by atoms with Crippen LogP contribution in [0.2, 0.25) is 0 Å². The van der Waals surface area contributed by atoms with Crippen molar-refractivity contribution in [2.75, 3.05) is 6.26 Å². The fraction of sp³-hybridized carbons (Fsp3) is 0.520. The zero-order valence-corrected chi connectivity index (χ0v) is 18.8. The van der Waals surface area contributed by atoms with E-state index >= 15 is 0 Å². The molecule has 0 heterocycles. The van der Waals surface area contributed by atoms with Crippen LogP contribution in [0.5, 0.6) is 5.75 Å². The normalized spacial score (nSPS) is 19.2. The van der Waals surface area contributed by atoms with Gasteiger partial charge in [-0.3, -0.25) is 0 Å². The third-order valence-electron chi connectivity index (χ3n) is 5.52. The van der Waals surface area contributed by atoms with Gasteiger partial charge in [-0.05, 0) is 61.1 Å². The zero-order chi connectivity index (χ0) is 20.4. The Kier molecular flexibility index (Phi) is 9.94. The summed E-state index contributed by atoms with van der Waals surface area (Å²) in [6, 6.07) is 17.5. The monoisotopic (exact) mass is 399 g/mol. The molecule has 0 aromatic heterocycles. The molecule has 0 fully saturated rings. The van der Waals surface area contributed by atoms with E-state index in [1.54, 1.807) is 11.8 Å². The van der Waals surface area contributed by atoms with Crippen molar-refractivity contribution in [1.29, 1.82) is 0 Å². The Morgan fingerprint density at radius 1 is 1.11 bits per heavy atom. The van der Waals surface area contributed by atoms with Gasteiger partial charge in [-0.15, -0.1) is 11.8 Å². The lowest BCUT2D eigenvalue weighted by Crippen LogP contribution is -2.23. The number of fused-ring (bicyclic) bond motifs is 1. The van der Waals surface area contributed by atoms with Gasteiger partial charge >= 0.3 is 0 Å². The number of rotatable bonds is 7. The van der Waals surface area contributed by atoms with E-state index in [4.69, 9.17) is 10.5 Å². The van der Waals surface area contributed by atoms with Gasteiger partial charge < -0.3 is 10.5 Å². The molecule has 1 aliphatic carbocycles. The first-order valence-electron chi connectivity index (χ1n) is 10.7. The van der Waals surface area contributed by atoms with Crippen LogP contribution >= 0.6 is 11.8 Å². The highest BCUT2D eigenvalue weighted by molar-refractivity contribution is 7.98. The molecule has 28 heavy (non-hydrogen) atoms. The number of ether oxygens (including phenoxy) is 1. The van der Waals surface area contributed by atoms with Gasteiger partial charge in [0.1, 0.15) is 11.9 Å². The molecule has 2 N–H and O–H groups in total. The number of thioether (sulfide) groups is 1. The zero-order valence-electron chi connectivity index (χ0n) is 18.0. The first kappa shape index (κ1) is 22.8. The van der Waals surface area contributed by atoms with E-state index in [-0.39, 0.29) is 6.10 Å². The molecule has 3 heteroatoms. The second-order valence-corrected chi connectivity index (χ2v) is 8.56. The number of hydrogen-bond acceptors (Lipinski definition) is 3. The predicted octanol–water partition coefficient (Wildman–Crippen LogP) is 7.02. The molecule has 2 aromatic carbocycles. The molecule has 0 spiro atoms. The Balaban J connectivity index is 0.000000300. The van der Waals surface area contributed by atoms with Gasteiger partial charge in [0.25, 0.3) is 0 Å². The molecular weight excluding hydrogens is 362 g/mol. The van der Waals surface area contributed by atoms with Crippen LogP contribution in [-0.2, 0) is 6.42 Å². The summed E-state index contributed by atoms with van der Waals surface area (Å²) in [6.45, 7) is 6.63. The molecule has 0 saturated heterocycles. The molecular formula is C25H37NOS. The number of benzene rings is 2. The third-order valence-corrected chi connectivity index (χ3v) is 6.30. The lowest BCUT2D eigenvalue weighted by molar-refractivity contribution is 0.126. The SMILES string of the molecule is CCCCC(N)CC.CSc1ccccc1O[C@H]1c2ccccc2CCC1C. The number of nitrogens with two attached hydrogens (primary N) is 1. The maximum Gasteiger partial charge on any atom is 0.133 e. The number of hydrogen-bond donors (Lipinski definition) is 1. The third kappa shape index (κ3) is 6.56. The quantitative estimate of drug-likeness (QED) is 0.508. The average Bonchev–Trinajstić information content (AvgIpc) is 2.74. The Bertz CT molecular complexity index is 702. The summed E-state index contributed by atoms with van der Waals surface area (Å²) in [7, 11) is 0. The predicted molar refractivity (Wildman–Crippen MR) is 123 cm³/mol. The van der Waals surface area contributed by atoms with Gasteiger partial charge in [0.2, 0.25) is 0 Å². The minimum atomic E-state index is 0.174. The molecule has 0 saturated carbocycles. The molecule has 0 radical (unpaired) electrons. The fourth-order valence-electron chi connectivity index (χ4n) is 3.58. The Morgan fingerprint density at radius 2 is 1.82 bits per heavy atom. The van der Waals surface area contributed by atoms with Crippen LogP contribution in [0.15, 0.2) is 53.4 Å². The lowest BCUT2D eigenvalue weighted by atomic mass is 9.82. The van der Waals surface area contributed by atoms with E-state index in [1.807, 2.05) is 0 Å². The van der Waals surface area contributed by atoms with Gasteiger partial charge in [0, 0.05) is 10.9 Å². The molecule has 3 atom stereocenters. The fourth-order valence-corrected chi connectivity index (χ4v) is 4.12. The Labute approximate surface area is 176 Å². The van der Waals surface area contributed by atoms with Crippen LogP contribution in [0.3, 0.4) is 0 Å². The molecule has 0 amide bonds. The smallest absolute Gasteiger partial charge is 0.133 e. The van der Waals surface area contributed by atoms with Crippen molar-refractivity contribution in [3.05, 3.63) is 59.7 Å². The second kappa shape index (κ2) is 12.2. The van der Waals surface area contributed by atoms with Crippen molar-refractivity contribution in [2.45, 2.75) is 76.3 Å². The van der Waals surface area contributed by atoms with Gasteiger partial charge in [-0.2, -0.15) is 0 Å². The molecule has 2 nitrogen and oxygen atoms in total. The van der Waals surface area contributed by atoms with Crippen LogP contribution < -0.4 is 10.5 Å². The number of aryl methyl sites for hydroxylation is 1. The summed E-state index contributed by atoms with van der Waals surface area (Å²) in [4.78, 5) is 1.21. The van der Waals surface area contributed by atoms with E-state index < -0.39 is 0 Å². The van der Waals surface area contributed by atoms with Crippen molar-refractivity contribution < 1.29 is 4.74 Å². The topological polar surface area (TPSA) is 35.2 Å². The highest BCUT2D eigenvalue weighted by Crippen LogP contribution is 2.39. The van der Waals surface area contributed by atoms with Crippen LogP contribution in [0.25, 0.3) is 0 Å². The van der Waals surface area contributed by atoms with Crippen molar-refractivity contribution in [1.82, 2.24) is 0 Å². The molecule has 154 valence electrons. The molecule has 0 aliphatic heterocycles. The summed E-state index contributed by atoms with van der Waals surface area (Å²) in [5, 5.41) is 0. The summed E-state index contributed by atoms with van der Waals surface area (Å²) >= 11 is 1.74. The molecule has 1 aliphatic rings. The van der Waals surface area contributed by atoms with Crippen molar-refractivity contribution in [2.24, 2.45) is 11.7 Å².